The minimum absolute atomic E-state index is 0.0511. The van der Waals surface area contributed by atoms with Crippen LogP contribution in [0, 0.1) is 35.0 Å². The van der Waals surface area contributed by atoms with Crippen LogP contribution in [0.1, 0.15) is 11.5 Å². The fourth-order valence-electron chi connectivity index (χ4n) is 3.92. The van der Waals surface area contributed by atoms with Crippen molar-refractivity contribution < 1.29 is 36.2 Å². The summed E-state index contributed by atoms with van der Waals surface area (Å²) in [5.74, 6) is -6.26. The first-order valence-electron chi connectivity index (χ1n) is 9.78. The molecule has 3 aromatic rings. The highest BCUT2D eigenvalue weighted by Crippen LogP contribution is 2.55. The van der Waals surface area contributed by atoms with Crippen LogP contribution in [-0.4, -0.2) is 23.7 Å². The van der Waals surface area contributed by atoms with Crippen LogP contribution in [0.4, 0.5) is 32.6 Å². The van der Waals surface area contributed by atoms with E-state index in [0.717, 1.165) is 18.3 Å². The van der Waals surface area contributed by atoms with Crippen LogP contribution in [0.3, 0.4) is 0 Å². The van der Waals surface area contributed by atoms with Crippen molar-refractivity contribution in [3.05, 3.63) is 77.2 Å². The molecule has 3 atom stereocenters. The number of fused-ring (bicyclic) bond motifs is 3. The first-order valence-corrected chi connectivity index (χ1v) is 9.78. The molecule has 33 heavy (non-hydrogen) atoms. The Labute approximate surface area is 183 Å². The van der Waals surface area contributed by atoms with E-state index >= 15 is 0 Å². The predicted octanol–water partition coefficient (Wildman–Crippen LogP) is 4.87. The second-order valence-electron chi connectivity index (χ2n) is 7.58. The van der Waals surface area contributed by atoms with Crippen LogP contribution < -0.4 is 20.1 Å². The molecule has 0 spiro atoms. The fraction of sp³-hybridized carbons (Fsp3) is 0.182. The highest BCUT2D eigenvalue weighted by molar-refractivity contribution is 5.89. The quantitative estimate of drug-likeness (QED) is 0.542. The third kappa shape index (κ3) is 3.90. The van der Waals surface area contributed by atoms with Gasteiger partial charge >= 0.3 is 6.03 Å². The van der Waals surface area contributed by atoms with E-state index in [0.29, 0.717) is 12.1 Å². The molecule has 1 aliphatic heterocycles. The maximum atomic E-state index is 14.2. The molecule has 2 amide bonds. The van der Waals surface area contributed by atoms with Crippen molar-refractivity contribution in [2.24, 2.45) is 5.92 Å². The number of benzene rings is 2. The Morgan fingerprint density at radius 1 is 1.00 bits per heavy atom. The number of anilines is 1. The van der Waals surface area contributed by atoms with Crippen LogP contribution in [0.2, 0.25) is 0 Å². The lowest BCUT2D eigenvalue weighted by molar-refractivity contribution is 0.247. The first-order chi connectivity index (χ1) is 15.8. The summed E-state index contributed by atoms with van der Waals surface area (Å²) in [6, 6.07) is 4.50. The number of ether oxygens (including phenoxy) is 2. The molecule has 2 aliphatic rings. The number of nitrogens with one attached hydrogen (secondary N) is 2. The number of halogens is 5. The third-order valence-electron chi connectivity index (χ3n) is 5.48. The molecule has 170 valence electrons. The van der Waals surface area contributed by atoms with Gasteiger partial charge in [-0.05, 0) is 24.3 Å². The van der Waals surface area contributed by atoms with Crippen molar-refractivity contribution >= 4 is 11.8 Å². The molecule has 2 aromatic carbocycles. The van der Waals surface area contributed by atoms with Crippen LogP contribution in [0.5, 0.6) is 17.2 Å². The zero-order valence-electron chi connectivity index (χ0n) is 16.5. The highest BCUT2D eigenvalue weighted by atomic mass is 19.2. The molecule has 0 radical (unpaired) electrons. The van der Waals surface area contributed by atoms with Crippen molar-refractivity contribution in [2.75, 3.05) is 11.9 Å². The van der Waals surface area contributed by atoms with E-state index < -0.39 is 52.8 Å². The molecular weight excluding hydrogens is 449 g/mol. The van der Waals surface area contributed by atoms with Crippen LogP contribution in [0.25, 0.3) is 0 Å². The van der Waals surface area contributed by atoms with E-state index in [1.807, 2.05) is 0 Å². The van der Waals surface area contributed by atoms with Crippen LogP contribution in [0.15, 0.2) is 42.6 Å². The number of urea groups is 1. The summed E-state index contributed by atoms with van der Waals surface area (Å²) in [6.07, 6.45) is 1.11. The summed E-state index contributed by atoms with van der Waals surface area (Å²) in [5.41, 5.74) is 0.108. The van der Waals surface area contributed by atoms with Crippen molar-refractivity contribution in [2.45, 2.75) is 12.0 Å². The Balaban J connectivity index is 1.22. The standard InChI is InChI=1S/C22H14F5N3O3/c23-9-5-14(26)20(15(27)6-9)33-10-1-4-16(28-7-10)29-22(31)30-19-11-8-32-21-13(25)3-2-12(24)18(21)17(11)19/h1-7,11,17,19H,8H2,(H2,28,29,30,31)/t11-,17-,19-/m1/s1. The molecule has 11 heteroatoms. The molecule has 1 aliphatic carbocycles. The lowest BCUT2D eigenvalue weighted by atomic mass is 10.0. The number of rotatable bonds is 4. The van der Waals surface area contributed by atoms with E-state index in [1.54, 1.807) is 0 Å². The predicted molar refractivity (Wildman–Crippen MR) is 105 cm³/mol. The number of aromatic nitrogens is 1. The molecule has 5 rings (SSSR count). The van der Waals surface area contributed by atoms with E-state index in [9.17, 15) is 26.7 Å². The molecule has 0 bridgehead atoms. The van der Waals surface area contributed by atoms with Crippen molar-refractivity contribution in [1.29, 1.82) is 0 Å². The lowest BCUT2D eigenvalue weighted by Crippen LogP contribution is -2.32. The zero-order chi connectivity index (χ0) is 23.3. The Morgan fingerprint density at radius 3 is 2.42 bits per heavy atom. The van der Waals surface area contributed by atoms with Gasteiger partial charge in [-0.3, -0.25) is 5.32 Å². The number of amides is 2. The first kappa shape index (κ1) is 21.0. The Morgan fingerprint density at radius 2 is 1.73 bits per heavy atom. The average Bonchev–Trinajstić information content (AvgIpc) is 3.46. The van der Waals surface area contributed by atoms with Gasteiger partial charge in [0.15, 0.2) is 29.0 Å². The second kappa shape index (κ2) is 7.91. The SMILES string of the molecule is O=C(Nc1ccc(Oc2c(F)cc(F)cc2F)cn1)N[C@@H]1[C@@H]2COc3c(F)ccc(F)c3[C@@H]21. The molecular formula is C22H14F5N3O3. The number of carbonyl (C=O) groups excluding carboxylic acids is 1. The zero-order valence-corrected chi connectivity index (χ0v) is 16.5. The molecule has 1 aromatic heterocycles. The van der Waals surface area contributed by atoms with E-state index in [4.69, 9.17) is 9.47 Å². The van der Waals surface area contributed by atoms with E-state index in [-0.39, 0.29) is 35.4 Å². The highest BCUT2D eigenvalue weighted by Gasteiger charge is 2.57. The van der Waals surface area contributed by atoms with Crippen LogP contribution in [-0.2, 0) is 0 Å². The largest absolute Gasteiger partial charge is 0.490 e. The van der Waals surface area contributed by atoms with Gasteiger partial charge in [-0.2, -0.15) is 0 Å². The fourth-order valence-corrected chi connectivity index (χ4v) is 3.92. The Hall–Kier alpha value is -3.89. The molecule has 2 N–H and O–H groups in total. The average molecular weight is 463 g/mol. The van der Waals surface area contributed by atoms with Crippen molar-refractivity contribution in [3.63, 3.8) is 0 Å². The normalized spacial score (nSPS) is 20.2. The van der Waals surface area contributed by atoms with E-state index in [1.165, 1.54) is 12.1 Å². The molecule has 0 saturated heterocycles. The molecule has 0 unspecified atom stereocenters. The van der Waals surface area contributed by atoms with Gasteiger partial charge in [0.2, 0.25) is 0 Å². The summed E-state index contributed by atoms with van der Waals surface area (Å²) in [5, 5.41) is 5.15. The van der Waals surface area contributed by atoms with Gasteiger partial charge in [0.1, 0.15) is 23.2 Å². The summed E-state index contributed by atoms with van der Waals surface area (Å²) in [7, 11) is 0. The third-order valence-corrected chi connectivity index (χ3v) is 5.48. The van der Waals surface area contributed by atoms with E-state index in [2.05, 4.69) is 15.6 Å². The minimum atomic E-state index is -1.22. The number of nitrogens with zero attached hydrogens (tertiary/aromatic N) is 1. The van der Waals surface area contributed by atoms with Gasteiger partial charge in [-0.25, -0.2) is 31.7 Å². The summed E-state index contributed by atoms with van der Waals surface area (Å²) >= 11 is 0. The maximum absolute atomic E-state index is 14.2. The van der Waals surface area contributed by atoms with Gasteiger partial charge in [0, 0.05) is 35.6 Å². The maximum Gasteiger partial charge on any atom is 0.320 e. The Bertz CT molecular complexity index is 1230. The molecule has 1 saturated carbocycles. The topological polar surface area (TPSA) is 72.5 Å². The number of hydrogen-bond acceptors (Lipinski definition) is 4. The Kier molecular flexibility index (Phi) is 5.03. The number of pyridine rings is 1. The summed E-state index contributed by atoms with van der Waals surface area (Å²) in [4.78, 5) is 16.3. The monoisotopic (exact) mass is 463 g/mol. The van der Waals surface area contributed by atoms with Gasteiger partial charge in [-0.1, -0.05) is 0 Å². The number of hydrogen-bond donors (Lipinski definition) is 2. The summed E-state index contributed by atoms with van der Waals surface area (Å²) < 4.78 is 78.8. The second-order valence-corrected chi connectivity index (χ2v) is 7.58. The van der Waals surface area contributed by atoms with Gasteiger partial charge in [0.05, 0.1) is 12.8 Å². The van der Waals surface area contributed by atoms with Crippen LogP contribution >= 0.6 is 0 Å². The van der Waals surface area contributed by atoms with Gasteiger partial charge in [0.25, 0.3) is 0 Å². The van der Waals surface area contributed by atoms with Gasteiger partial charge in [-0.15, -0.1) is 0 Å². The van der Waals surface area contributed by atoms with Crippen molar-refractivity contribution in [1.82, 2.24) is 10.3 Å². The summed E-state index contributed by atoms with van der Waals surface area (Å²) in [6.45, 7) is 0.143. The lowest BCUT2D eigenvalue weighted by Gasteiger charge is -2.16. The molecule has 6 nitrogen and oxygen atoms in total. The van der Waals surface area contributed by atoms with Gasteiger partial charge < -0.3 is 14.8 Å². The minimum Gasteiger partial charge on any atom is -0.490 e. The molecule has 1 fully saturated rings. The number of carbonyl (C=O) groups is 1. The molecule has 2 heterocycles. The van der Waals surface area contributed by atoms with Crippen molar-refractivity contribution in [3.8, 4) is 17.2 Å². The smallest absolute Gasteiger partial charge is 0.320 e.